The minimum Gasteiger partial charge on any atom is -0.496 e. The van der Waals surface area contributed by atoms with Gasteiger partial charge in [0.2, 0.25) is 0 Å². The van der Waals surface area contributed by atoms with E-state index in [0.29, 0.717) is 17.2 Å². The van der Waals surface area contributed by atoms with Gasteiger partial charge in [-0.15, -0.1) is 0 Å². The lowest BCUT2D eigenvalue weighted by Gasteiger charge is -2.12. The Balaban J connectivity index is 2.32. The van der Waals surface area contributed by atoms with Crippen LogP contribution in [0.1, 0.15) is 16.8 Å². The Hall–Kier alpha value is -3.01. The second-order valence-electron chi connectivity index (χ2n) is 5.60. The fourth-order valence-corrected chi connectivity index (χ4v) is 3.34. The molecule has 10 heteroatoms. The van der Waals surface area contributed by atoms with Crippen LogP contribution in [0, 0.1) is 24.0 Å². The van der Waals surface area contributed by atoms with Gasteiger partial charge in [-0.2, -0.15) is 0 Å². The van der Waals surface area contributed by atoms with E-state index in [4.69, 9.17) is 15.2 Å². The van der Waals surface area contributed by atoms with Gasteiger partial charge in [0.1, 0.15) is 17.2 Å². The Morgan fingerprint density at radius 3 is 2.63 bits per heavy atom. The summed E-state index contributed by atoms with van der Waals surface area (Å²) >= 11 is 0. The van der Waals surface area contributed by atoms with Crippen molar-refractivity contribution in [3.63, 3.8) is 0 Å². The predicted octanol–water partition coefficient (Wildman–Crippen LogP) is 2.52. The third-order valence-electron chi connectivity index (χ3n) is 3.86. The number of aromatic nitrogens is 1. The molecule has 1 aromatic carbocycles. The van der Waals surface area contributed by atoms with Gasteiger partial charge in [0.25, 0.3) is 5.69 Å². The highest BCUT2D eigenvalue weighted by Crippen LogP contribution is 2.31. The molecule has 0 amide bonds. The summed E-state index contributed by atoms with van der Waals surface area (Å²) in [5.74, 6) is 0.993. The number of aryl methyl sites for hydroxylation is 1. The molecule has 0 saturated heterocycles. The molecule has 0 aliphatic rings. The van der Waals surface area contributed by atoms with Crippen LogP contribution in [0.2, 0.25) is 0 Å². The number of rotatable bonds is 6. The maximum Gasteiger partial charge on any atom is 0.298 e. The molecule has 1 atom stereocenters. The lowest BCUT2D eigenvalue weighted by molar-refractivity contribution is -0.384. The monoisotopic (exact) mass is 392 g/mol. The second-order valence-corrected chi connectivity index (χ2v) is 7.00. The van der Waals surface area contributed by atoms with Crippen molar-refractivity contribution in [1.82, 2.24) is 4.98 Å². The number of ether oxygens (including phenoxy) is 2. The number of pyridine rings is 1. The van der Waals surface area contributed by atoms with E-state index in [1.807, 2.05) is 13.8 Å². The Labute approximate surface area is 158 Å². The number of nitrogens with zero attached hydrogens (tertiary/aromatic N) is 3. The molecule has 9 nitrogen and oxygen atoms in total. The molecule has 2 rings (SSSR count). The largest absolute Gasteiger partial charge is 0.496 e. The van der Waals surface area contributed by atoms with E-state index in [0.717, 1.165) is 11.1 Å². The van der Waals surface area contributed by atoms with Crippen molar-refractivity contribution in [2.24, 2.45) is 10.7 Å². The van der Waals surface area contributed by atoms with Gasteiger partial charge in [-0.05, 0) is 26.0 Å². The van der Waals surface area contributed by atoms with Gasteiger partial charge < -0.3 is 15.2 Å². The number of hydrogen-bond acceptors (Lipinski definition) is 7. The van der Waals surface area contributed by atoms with Crippen molar-refractivity contribution < 1.29 is 18.6 Å². The van der Waals surface area contributed by atoms with Crippen LogP contribution in [0.15, 0.2) is 29.4 Å². The van der Waals surface area contributed by atoms with Crippen LogP contribution in [0.25, 0.3) is 0 Å². The molecule has 0 bridgehead atoms. The molecule has 1 aromatic heterocycles. The summed E-state index contributed by atoms with van der Waals surface area (Å²) < 4.78 is 22.8. The first-order valence-electron chi connectivity index (χ1n) is 7.82. The first-order chi connectivity index (χ1) is 12.8. The molecule has 144 valence electrons. The summed E-state index contributed by atoms with van der Waals surface area (Å²) in [6.07, 6.45) is 1.63. The van der Waals surface area contributed by atoms with Crippen LogP contribution in [-0.2, 0) is 16.6 Å². The van der Waals surface area contributed by atoms with Crippen LogP contribution >= 0.6 is 0 Å². The fraction of sp³-hybridized carbons (Fsp3) is 0.294. The smallest absolute Gasteiger partial charge is 0.298 e. The van der Waals surface area contributed by atoms with Crippen LogP contribution in [-0.4, -0.2) is 33.5 Å². The molecular weight excluding hydrogens is 372 g/mol. The molecular formula is C17H20N4O5S. The van der Waals surface area contributed by atoms with Gasteiger partial charge in [0.15, 0.2) is 5.17 Å². The van der Waals surface area contributed by atoms with E-state index >= 15 is 0 Å². The molecule has 0 fully saturated rings. The van der Waals surface area contributed by atoms with Gasteiger partial charge in [-0.25, -0.2) is 4.99 Å². The molecule has 0 aliphatic heterocycles. The molecule has 0 saturated carbocycles. The van der Waals surface area contributed by atoms with Crippen LogP contribution in [0.5, 0.6) is 11.5 Å². The Morgan fingerprint density at radius 1 is 1.33 bits per heavy atom. The van der Waals surface area contributed by atoms with Gasteiger partial charge in [-0.1, -0.05) is 0 Å². The highest BCUT2D eigenvalue weighted by atomic mass is 32.2. The number of hydrogen-bond donors (Lipinski definition) is 1. The van der Waals surface area contributed by atoms with E-state index in [1.165, 1.54) is 25.3 Å². The molecule has 27 heavy (non-hydrogen) atoms. The SMILES string of the molecule is COc1ccc(N=C(N)S(=O)Cc2ncc(C)c(OC)c2C)c([N+](=O)[O-])c1. The van der Waals surface area contributed by atoms with E-state index in [9.17, 15) is 14.3 Å². The van der Waals surface area contributed by atoms with Crippen molar-refractivity contribution >= 4 is 27.3 Å². The van der Waals surface area contributed by atoms with Crippen LogP contribution < -0.4 is 15.2 Å². The number of nitrogens with two attached hydrogens (primary N) is 1. The molecule has 0 spiro atoms. The molecule has 0 radical (unpaired) electrons. The zero-order chi connectivity index (χ0) is 20.1. The van der Waals surface area contributed by atoms with E-state index in [-0.39, 0.29) is 22.3 Å². The zero-order valence-electron chi connectivity index (χ0n) is 15.4. The van der Waals surface area contributed by atoms with Crippen molar-refractivity contribution in [2.45, 2.75) is 19.6 Å². The van der Waals surface area contributed by atoms with E-state index < -0.39 is 15.7 Å². The number of benzene rings is 1. The average molecular weight is 392 g/mol. The van der Waals surface area contributed by atoms with Crippen LogP contribution in [0.4, 0.5) is 11.4 Å². The summed E-state index contributed by atoms with van der Waals surface area (Å²) in [4.78, 5) is 18.9. The van der Waals surface area contributed by atoms with Gasteiger partial charge in [-0.3, -0.25) is 19.3 Å². The average Bonchev–Trinajstić information content (AvgIpc) is 2.64. The number of aliphatic imine (C=N–C) groups is 1. The fourth-order valence-electron chi connectivity index (χ4n) is 2.46. The first kappa shape index (κ1) is 20.3. The van der Waals surface area contributed by atoms with E-state index in [1.54, 1.807) is 13.3 Å². The Kier molecular flexibility index (Phi) is 6.45. The number of nitro groups is 1. The molecule has 0 aliphatic carbocycles. The summed E-state index contributed by atoms with van der Waals surface area (Å²) in [5, 5.41) is 11.0. The van der Waals surface area contributed by atoms with Crippen molar-refractivity contribution in [2.75, 3.05) is 14.2 Å². The third kappa shape index (κ3) is 4.59. The third-order valence-corrected chi connectivity index (χ3v) is 4.95. The van der Waals surface area contributed by atoms with Crippen molar-refractivity contribution in [1.29, 1.82) is 0 Å². The first-order valence-corrected chi connectivity index (χ1v) is 9.14. The van der Waals surface area contributed by atoms with Gasteiger partial charge >= 0.3 is 0 Å². The minimum atomic E-state index is -1.72. The van der Waals surface area contributed by atoms with Crippen molar-refractivity contribution in [3.05, 3.63) is 51.3 Å². The Morgan fingerprint density at radius 2 is 2.04 bits per heavy atom. The van der Waals surface area contributed by atoms with Crippen molar-refractivity contribution in [3.8, 4) is 11.5 Å². The highest BCUT2D eigenvalue weighted by Gasteiger charge is 2.18. The molecule has 2 aromatic rings. The lowest BCUT2D eigenvalue weighted by atomic mass is 10.1. The number of methoxy groups -OCH3 is 2. The van der Waals surface area contributed by atoms with E-state index in [2.05, 4.69) is 9.98 Å². The molecule has 1 heterocycles. The van der Waals surface area contributed by atoms with Gasteiger partial charge in [0, 0.05) is 17.3 Å². The molecule has 2 N–H and O–H groups in total. The van der Waals surface area contributed by atoms with Gasteiger partial charge in [0.05, 0.1) is 47.5 Å². The standard InChI is InChI=1S/C17H20N4O5S/c1-10-8-19-14(11(2)16(10)26-4)9-27(24)17(18)20-13-6-5-12(25-3)7-15(13)21(22)23/h5-8H,9H2,1-4H3,(H2,18,20). The minimum absolute atomic E-state index is 0.00202. The number of amidine groups is 1. The normalized spacial score (nSPS) is 12.5. The summed E-state index contributed by atoms with van der Waals surface area (Å²) in [5.41, 5.74) is 7.70. The summed E-state index contributed by atoms with van der Waals surface area (Å²) in [6.45, 7) is 3.67. The maximum absolute atomic E-state index is 12.5. The highest BCUT2D eigenvalue weighted by molar-refractivity contribution is 7.99. The summed E-state index contributed by atoms with van der Waals surface area (Å²) in [6, 6.07) is 4.13. The quantitative estimate of drug-likeness (QED) is 0.346. The second kappa shape index (κ2) is 8.58. The maximum atomic E-state index is 12.5. The Bertz CT molecular complexity index is 930. The predicted molar refractivity (Wildman–Crippen MR) is 103 cm³/mol. The zero-order valence-corrected chi connectivity index (χ0v) is 16.2. The summed E-state index contributed by atoms with van der Waals surface area (Å²) in [7, 11) is 1.23. The van der Waals surface area contributed by atoms with Crippen LogP contribution in [0.3, 0.4) is 0 Å². The lowest BCUT2D eigenvalue weighted by Crippen LogP contribution is -2.20. The topological polar surface area (TPSA) is 130 Å². The number of nitro benzene ring substituents is 1. The molecule has 1 unspecified atom stereocenters.